The van der Waals surface area contributed by atoms with Crippen LogP contribution in [0.15, 0.2) is 35.8 Å². The van der Waals surface area contributed by atoms with Gasteiger partial charge in [0.2, 0.25) is 0 Å². The maximum atomic E-state index is 13.0. The fraction of sp³-hybridized carbons (Fsp3) is 0.250. The number of imidazole rings is 1. The maximum absolute atomic E-state index is 13.0. The van der Waals surface area contributed by atoms with Gasteiger partial charge >= 0.3 is 6.18 Å². The van der Waals surface area contributed by atoms with Crippen LogP contribution in [0.4, 0.5) is 23.4 Å². The Kier molecular flexibility index (Phi) is 2.51. The number of allylic oxidation sites excluding steroid dienone is 2. The second kappa shape index (κ2) is 3.97. The van der Waals surface area contributed by atoms with Crippen LogP contribution >= 0.6 is 0 Å². The van der Waals surface area contributed by atoms with Gasteiger partial charge in [-0.1, -0.05) is 0 Å². The van der Waals surface area contributed by atoms with E-state index < -0.39 is 17.7 Å². The molecule has 1 aliphatic carbocycles. The SMILES string of the molecule is Fc1ccc2nc(NC(=C3CC3)C(F)(F)F)cn2c1. The van der Waals surface area contributed by atoms with E-state index in [9.17, 15) is 17.6 Å². The number of alkyl halides is 3. The minimum Gasteiger partial charge on any atom is -0.335 e. The standard InChI is InChI=1S/C12H9F4N3/c13-8-3-4-10-17-9(6-19(10)5-8)18-11(7-1-2-7)12(14,15)16/h3-6,18H,1-2H2. The van der Waals surface area contributed by atoms with Crippen molar-refractivity contribution in [3.8, 4) is 0 Å². The van der Waals surface area contributed by atoms with Crippen LogP contribution in [0.2, 0.25) is 0 Å². The molecule has 1 N–H and O–H groups in total. The summed E-state index contributed by atoms with van der Waals surface area (Å²) >= 11 is 0. The van der Waals surface area contributed by atoms with Crippen LogP contribution in [0.1, 0.15) is 12.8 Å². The van der Waals surface area contributed by atoms with Gasteiger partial charge < -0.3 is 9.72 Å². The summed E-state index contributed by atoms with van der Waals surface area (Å²) in [5.74, 6) is -0.426. The van der Waals surface area contributed by atoms with Gasteiger partial charge in [0.05, 0.1) is 6.20 Å². The van der Waals surface area contributed by atoms with E-state index in [2.05, 4.69) is 10.3 Å². The van der Waals surface area contributed by atoms with E-state index in [1.54, 1.807) is 0 Å². The Hall–Kier alpha value is -2.05. The van der Waals surface area contributed by atoms with Crippen molar-refractivity contribution >= 4 is 11.5 Å². The number of fused-ring (bicyclic) bond motifs is 1. The second-order valence-corrected chi connectivity index (χ2v) is 4.34. The predicted molar refractivity (Wildman–Crippen MR) is 61.1 cm³/mol. The second-order valence-electron chi connectivity index (χ2n) is 4.34. The van der Waals surface area contributed by atoms with Crippen molar-refractivity contribution in [1.82, 2.24) is 9.38 Å². The number of halogens is 4. The van der Waals surface area contributed by atoms with Crippen molar-refractivity contribution in [2.24, 2.45) is 0 Å². The summed E-state index contributed by atoms with van der Waals surface area (Å²) in [4.78, 5) is 3.97. The Bertz CT molecular complexity index is 663. The highest BCUT2D eigenvalue weighted by molar-refractivity contribution is 5.53. The van der Waals surface area contributed by atoms with E-state index in [1.165, 1.54) is 22.7 Å². The monoisotopic (exact) mass is 271 g/mol. The molecule has 0 spiro atoms. The third kappa shape index (κ3) is 2.40. The van der Waals surface area contributed by atoms with E-state index in [0.29, 0.717) is 24.1 Å². The van der Waals surface area contributed by atoms with Gasteiger partial charge in [-0.25, -0.2) is 9.37 Å². The van der Waals surface area contributed by atoms with Crippen molar-refractivity contribution in [3.05, 3.63) is 41.6 Å². The Morgan fingerprint density at radius 1 is 1.21 bits per heavy atom. The lowest BCUT2D eigenvalue weighted by molar-refractivity contribution is -0.0906. The molecule has 3 nitrogen and oxygen atoms in total. The third-order valence-electron chi connectivity index (χ3n) is 2.81. The molecule has 19 heavy (non-hydrogen) atoms. The van der Waals surface area contributed by atoms with Crippen molar-refractivity contribution in [2.45, 2.75) is 19.0 Å². The maximum Gasteiger partial charge on any atom is 0.431 e. The molecule has 7 heteroatoms. The lowest BCUT2D eigenvalue weighted by atomic mass is 10.3. The zero-order valence-corrected chi connectivity index (χ0v) is 9.63. The smallest absolute Gasteiger partial charge is 0.335 e. The number of anilines is 1. The molecule has 2 heterocycles. The molecule has 0 aliphatic heterocycles. The molecule has 0 unspecified atom stereocenters. The molecule has 2 aromatic heterocycles. The van der Waals surface area contributed by atoms with Crippen molar-refractivity contribution in [1.29, 1.82) is 0 Å². The molecule has 0 aromatic carbocycles. The first-order valence-electron chi connectivity index (χ1n) is 5.64. The van der Waals surface area contributed by atoms with Crippen molar-refractivity contribution in [2.75, 3.05) is 5.32 Å². The molecule has 1 fully saturated rings. The van der Waals surface area contributed by atoms with E-state index in [-0.39, 0.29) is 5.82 Å². The summed E-state index contributed by atoms with van der Waals surface area (Å²) in [6.45, 7) is 0. The summed E-state index contributed by atoms with van der Waals surface area (Å²) in [6, 6.07) is 2.61. The Labute approximate surface area is 105 Å². The molecule has 0 amide bonds. The van der Waals surface area contributed by atoms with Crippen LogP contribution in [0.25, 0.3) is 5.65 Å². The molecular weight excluding hydrogens is 262 g/mol. The van der Waals surface area contributed by atoms with Crippen LogP contribution < -0.4 is 5.32 Å². The molecule has 0 saturated heterocycles. The molecule has 0 bridgehead atoms. The van der Waals surface area contributed by atoms with Gasteiger partial charge in [0, 0.05) is 6.20 Å². The van der Waals surface area contributed by atoms with E-state index in [1.807, 2.05) is 0 Å². The van der Waals surface area contributed by atoms with E-state index in [0.717, 1.165) is 6.20 Å². The Morgan fingerprint density at radius 3 is 2.58 bits per heavy atom. The van der Waals surface area contributed by atoms with Crippen LogP contribution in [0.5, 0.6) is 0 Å². The third-order valence-corrected chi connectivity index (χ3v) is 2.81. The van der Waals surface area contributed by atoms with Crippen molar-refractivity contribution in [3.63, 3.8) is 0 Å². The van der Waals surface area contributed by atoms with Crippen LogP contribution in [-0.4, -0.2) is 15.6 Å². The number of aromatic nitrogens is 2. The zero-order chi connectivity index (χ0) is 13.6. The Balaban J connectivity index is 1.95. The molecule has 0 atom stereocenters. The van der Waals surface area contributed by atoms with E-state index >= 15 is 0 Å². The largest absolute Gasteiger partial charge is 0.431 e. The minimum atomic E-state index is -4.42. The average Bonchev–Trinajstić information content (AvgIpc) is 3.05. The summed E-state index contributed by atoms with van der Waals surface area (Å²) in [7, 11) is 0. The topological polar surface area (TPSA) is 29.3 Å². The molecule has 1 saturated carbocycles. The number of hydrogen-bond donors (Lipinski definition) is 1. The lowest BCUT2D eigenvalue weighted by Crippen LogP contribution is -2.19. The van der Waals surface area contributed by atoms with Gasteiger partial charge in [-0.3, -0.25) is 0 Å². The quantitative estimate of drug-likeness (QED) is 0.847. The molecule has 3 rings (SSSR count). The van der Waals surface area contributed by atoms with Gasteiger partial charge in [-0.2, -0.15) is 13.2 Å². The number of rotatable bonds is 2. The Morgan fingerprint density at radius 2 is 1.95 bits per heavy atom. The average molecular weight is 271 g/mol. The first-order chi connectivity index (χ1) is 8.93. The molecule has 100 valence electrons. The lowest BCUT2D eigenvalue weighted by Gasteiger charge is -2.11. The molecule has 2 aromatic rings. The highest BCUT2D eigenvalue weighted by Gasteiger charge is 2.39. The molecule has 0 radical (unpaired) electrons. The summed E-state index contributed by atoms with van der Waals surface area (Å²) in [5, 5.41) is 2.29. The number of pyridine rings is 1. The summed E-state index contributed by atoms with van der Waals surface area (Å²) in [6.07, 6.45) is -1.04. The molecular formula is C12H9F4N3. The van der Waals surface area contributed by atoms with Gasteiger partial charge in [0.15, 0.2) is 0 Å². The van der Waals surface area contributed by atoms with Crippen LogP contribution in [0.3, 0.4) is 0 Å². The fourth-order valence-corrected chi connectivity index (χ4v) is 1.83. The van der Waals surface area contributed by atoms with E-state index in [4.69, 9.17) is 0 Å². The fourth-order valence-electron chi connectivity index (χ4n) is 1.83. The van der Waals surface area contributed by atoms with Crippen LogP contribution in [0, 0.1) is 5.82 Å². The first-order valence-corrected chi connectivity index (χ1v) is 5.64. The van der Waals surface area contributed by atoms with Crippen molar-refractivity contribution < 1.29 is 17.6 Å². The zero-order valence-electron chi connectivity index (χ0n) is 9.63. The first kappa shape index (κ1) is 12.0. The predicted octanol–water partition coefficient (Wildman–Crippen LogP) is 3.50. The van der Waals surface area contributed by atoms with Gasteiger partial charge in [0.25, 0.3) is 0 Å². The number of hydrogen-bond acceptors (Lipinski definition) is 2. The summed E-state index contributed by atoms with van der Waals surface area (Å²) < 4.78 is 52.7. The minimum absolute atomic E-state index is 0.0531. The summed E-state index contributed by atoms with van der Waals surface area (Å²) in [5.41, 5.74) is -0.0293. The van der Waals surface area contributed by atoms with Gasteiger partial charge in [-0.15, -0.1) is 0 Å². The number of nitrogens with zero attached hydrogens (tertiary/aromatic N) is 2. The highest BCUT2D eigenvalue weighted by Crippen LogP contribution is 2.39. The van der Waals surface area contributed by atoms with Crippen LogP contribution in [-0.2, 0) is 0 Å². The number of nitrogens with one attached hydrogen (secondary N) is 1. The molecule has 1 aliphatic rings. The normalized spacial score (nSPS) is 14.8. The van der Waals surface area contributed by atoms with Gasteiger partial charge in [-0.05, 0) is 30.5 Å². The van der Waals surface area contributed by atoms with Gasteiger partial charge in [0.1, 0.15) is 23.0 Å². The highest BCUT2D eigenvalue weighted by atomic mass is 19.4.